The van der Waals surface area contributed by atoms with Gasteiger partial charge in [0.2, 0.25) is 29.5 Å². The molecular weight excluding hydrogens is 821 g/mol. The Kier molecular flexibility index (Phi) is 18.1. The second-order valence-electron chi connectivity index (χ2n) is 19.1. The quantitative estimate of drug-likeness (QED) is 0.187. The highest BCUT2D eigenvalue weighted by Gasteiger charge is 2.47. The molecule has 354 valence electrons. The molecule has 8 atom stereocenters. The monoisotopic (exact) mass is 893 g/mol. The summed E-state index contributed by atoms with van der Waals surface area (Å²) in [4.78, 5) is 118. The Labute approximate surface area is 379 Å². The Morgan fingerprint density at radius 2 is 1.33 bits per heavy atom. The molecule has 4 rings (SSSR count). The van der Waals surface area contributed by atoms with E-state index in [1.807, 2.05) is 18.2 Å². The van der Waals surface area contributed by atoms with E-state index in [9.17, 15) is 38.4 Å². The van der Waals surface area contributed by atoms with Gasteiger partial charge in [-0.25, -0.2) is 9.59 Å². The van der Waals surface area contributed by atoms with Crippen molar-refractivity contribution in [3.05, 3.63) is 48.6 Å². The van der Waals surface area contributed by atoms with Gasteiger partial charge in [-0.05, 0) is 89.0 Å². The van der Waals surface area contributed by atoms with Gasteiger partial charge in [0, 0.05) is 26.6 Å². The third-order valence-electron chi connectivity index (χ3n) is 12.8. The molecule has 3 aliphatic rings. The molecule has 16 heteroatoms. The summed E-state index contributed by atoms with van der Waals surface area (Å²) in [5, 5.41) is 8.60. The molecule has 1 aromatic rings. The van der Waals surface area contributed by atoms with E-state index >= 15 is 0 Å². The number of likely N-dealkylation sites (N-methyl/N-ethyl adjacent to an activating group) is 1. The molecular formula is C48H72N6O10. The largest absolute Gasteiger partial charge is 0.460 e. The number of cyclic esters (lactones) is 2. The van der Waals surface area contributed by atoms with Crippen LogP contribution in [0.4, 0.5) is 0 Å². The van der Waals surface area contributed by atoms with Gasteiger partial charge < -0.3 is 40.1 Å². The van der Waals surface area contributed by atoms with Crippen molar-refractivity contribution >= 4 is 47.4 Å². The van der Waals surface area contributed by atoms with Crippen LogP contribution in [0.25, 0.3) is 0 Å². The van der Waals surface area contributed by atoms with Crippen LogP contribution in [0.2, 0.25) is 0 Å². The van der Waals surface area contributed by atoms with Crippen molar-refractivity contribution in [2.24, 2.45) is 23.2 Å². The molecule has 0 spiro atoms. The highest BCUT2D eigenvalue weighted by Crippen LogP contribution is 2.31. The summed E-state index contributed by atoms with van der Waals surface area (Å²) in [6, 6.07) is 2.59. The van der Waals surface area contributed by atoms with Crippen molar-refractivity contribution in [1.82, 2.24) is 30.7 Å². The van der Waals surface area contributed by atoms with Crippen LogP contribution < -0.4 is 16.0 Å². The van der Waals surface area contributed by atoms with Crippen molar-refractivity contribution in [2.45, 2.75) is 162 Å². The van der Waals surface area contributed by atoms with E-state index in [-0.39, 0.29) is 25.9 Å². The van der Waals surface area contributed by atoms with E-state index in [0.717, 1.165) is 5.56 Å². The van der Waals surface area contributed by atoms with Crippen molar-refractivity contribution in [3.8, 4) is 0 Å². The van der Waals surface area contributed by atoms with Crippen LogP contribution in [0.15, 0.2) is 43.0 Å². The average Bonchev–Trinajstić information content (AvgIpc) is 3.94. The van der Waals surface area contributed by atoms with Crippen LogP contribution >= 0.6 is 0 Å². The highest BCUT2D eigenvalue weighted by atomic mass is 16.6. The molecule has 1 aromatic carbocycles. The zero-order valence-electron chi connectivity index (χ0n) is 39.5. The van der Waals surface area contributed by atoms with Gasteiger partial charge in [-0.3, -0.25) is 28.8 Å². The van der Waals surface area contributed by atoms with Gasteiger partial charge in [-0.2, -0.15) is 0 Å². The number of esters is 2. The molecule has 0 radical (unpaired) electrons. The number of rotatable bonds is 9. The van der Waals surface area contributed by atoms with Crippen molar-refractivity contribution < 1.29 is 47.8 Å². The van der Waals surface area contributed by atoms with E-state index in [0.29, 0.717) is 38.5 Å². The van der Waals surface area contributed by atoms with Crippen LogP contribution in [-0.4, -0.2) is 131 Å². The van der Waals surface area contributed by atoms with Crippen LogP contribution in [0.5, 0.6) is 0 Å². The predicted octanol–water partition coefficient (Wildman–Crippen LogP) is 3.70. The Morgan fingerprint density at radius 1 is 0.734 bits per heavy atom. The molecule has 16 nitrogen and oxygen atoms in total. The molecule has 0 aromatic heterocycles. The summed E-state index contributed by atoms with van der Waals surface area (Å²) in [7, 11) is 1.45. The van der Waals surface area contributed by atoms with Crippen molar-refractivity contribution in [1.29, 1.82) is 0 Å². The molecule has 0 aliphatic carbocycles. The van der Waals surface area contributed by atoms with Gasteiger partial charge in [0.25, 0.3) is 5.91 Å². The minimum Gasteiger partial charge on any atom is -0.460 e. The summed E-state index contributed by atoms with van der Waals surface area (Å²) in [5.74, 6) is -6.33. The Bertz CT molecular complexity index is 1870. The number of ether oxygens (including phenoxy) is 2. The van der Waals surface area contributed by atoms with Gasteiger partial charge in [0.1, 0.15) is 42.4 Å². The lowest BCUT2D eigenvalue weighted by molar-refractivity contribution is -0.168. The third kappa shape index (κ3) is 12.3. The number of benzene rings is 1. The SMILES string of the molecule is C=CCCC[C@@H]1OC(=O)[C@H](Cc2ccccc2)NC(=O)[C@H](C(C)C)NC(=O)[C@H]2CCCN2C(=O)[C@H]2CCCN2C(=O)[C@H](C)OC(=O)[C@H](C(C)C)N(C)C(=O)[C@@H](C(C)C)NC(=O)C1(C)C. The van der Waals surface area contributed by atoms with Crippen LogP contribution in [-0.2, 0) is 54.3 Å². The van der Waals surface area contributed by atoms with Gasteiger partial charge in [0.05, 0.1) is 5.41 Å². The first-order chi connectivity index (χ1) is 30.1. The van der Waals surface area contributed by atoms with Gasteiger partial charge in [-0.15, -0.1) is 6.58 Å². The number of hydrogen-bond acceptors (Lipinski definition) is 10. The van der Waals surface area contributed by atoms with E-state index in [1.165, 1.54) is 28.7 Å². The number of nitrogens with one attached hydrogen (secondary N) is 3. The third-order valence-corrected chi connectivity index (χ3v) is 12.8. The van der Waals surface area contributed by atoms with Gasteiger partial charge >= 0.3 is 11.9 Å². The molecule has 64 heavy (non-hydrogen) atoms. The molecule has 3 saturated heterocycles. The molecule has 3 heterocycles. The average molecular weight is 893 g/mol. The minimum absolute atomic E-state index is 0.0338. The van der Waals surface area contributed by atoms with Crippen LogP contribution in [0.3, 0.4) is 0 Å². The molecule has 0 unspecified atom stereocenters. The summed E-state index contributed by atoms with van der Waals surface area (Å²) in [6.07, 6.45) is 2.40. The number of hydrogen-bond donors (Lipinski definition) is 3. The fourth-order valence-corrected chi connectivity index (χ4v) is 8.86. The Balaban J connectivity index is 1.80. The molecule has 0 saturated carbocycles. The smallest absolute Gasteiger partial charge is 0.329 e. The zero-order valence-corrected chi connectivity index (χ0v) is 39.5. The van der Waals surface area contributed by atoms with E-state index < -0.39 is 119 Å². The fraction of sp³-hybridized carbons (Fsp3) is 0.667. The number of nitrogens with zero attached hydrogens (tertiary/aromatic N) is 3. The maximum absolute atomic E-state index is 14.4. The topological polar surface area (TPSA) is 201 Å². The lowest BCUT2D eigenvalue weighted by Crippen LogP contribution is -2.59. The molecule has 3 fully saturated rings. The van der Waals surface area contributed by atoms with Gasteiger partial charge in [-0.1, -0.05) is 78.0 Å². The lowest BCUT2D eigenvalue weighted by atomic mass is 9.82. The lowest BCUT2D eigenvalue weighted by Gasteiger charge is -2.37. The zero-order chi connectivity index (χ0) is 47.6. The summed E-state index contributed by atoms with van der Waals surface area (Å²) in [5.41, 5.74) is -0.700. The predicted molar refractivity (Wildman–Crippen MR) is 240 cm³/mol. The minimum atomic E-state index is -1.42. The second-order valence-corrected chi connectivity index (χ2v) is 19.1. The molecule has 0 bridgehead atoms. The van der Waals surface area contributed by atoms with Gasteiger partial charge in [0.15, 0.2) is 6.10 Å². The Morgan fingerprint density at radius 3 is 1.91 bits per heavy atom. The van der Waals surface area contributed by atoms with E-state index in [2.05, 4.69) is 22.5 Å². The molecule has 3 aliphatic heterocycles. The van der Waals surface area contributed by atoms with E-state index in [1.54, 1.807) is 73.6 Å². The van der Waals surface area contributed by atoms with Crippen LogP contribution in [0, 0.1) is 23.2 Å². The molecule has 6 amide bonds. The first kappa shape index (κ1) is 51.4. The number of fused-ring (bicyclic) bond motifs is 2. The van der Waals surface area contributed by atoms with Crippen molar-refractivity contribution in [3.63, 3.8) is 0 Å². The number of amides is 6. The molecule has 3 N–H and O–H groups in total. The number of allylic oxidation sites excluding steroid dienone is 1. The van der Waals surface area contributed by atoms with Crippen molar-refractivity contribution in [2.75, 3.05) is 20.1 Å². The first-order valence-electron chi connectivity index (χ1n) is 23.0. The first-order valence-corrected chi connectivity index (χ1v) is 23.0. The Hall–Kier alpha value is -5.28. The maximum atomic E-state index is 14.4. The highest BCUT2D eigenvalue weighted by molar-refractivity contribution is 5.97. The number of carbonyl (C=O) groups excluding carboxylic acids is 8. The normalized spacial score (nSPS) is 28.5. The number of unbranched alkanes of at least 4 members (excludes halogenated alkanes) is 1. The van der Waals surface area contributed by atoms with Crippen LogP contribution in [0.1, 0.15) is 113 Å². The fourth-order valence-electron chi connectivity index (χ4n) is 8.86. The number of carbonyl (C=O) groups is 8. The second kappa shape index (κ2) is 22.6. The van der Waals surface area contributed by atoms with E-state index in [4.69, 9.17) is 9.47 Å². The summed E-state index contributed by atoms with van der Waals surface area (Å²) >= 11 is 0. The standard InChI is InChI=1S/C48H72N6O10/c1-12-13-15-24-36-48(9,10)47(62)51-38(29(4)5)44(59)52(11)39(30(6)7)46(61)63-31(8)42(57)54-26-19-23-35(54)43(58)53-25-18-22-34(53)40(55)50-37(28(2)3)41(56)49-33(45(60)64-36)27-32-20-16-14-17-21-32/h12,14,16-17,20-21,28-31,33-39H,1,13,15,18-19,22-27H2,2-11H3,(H,49,56)(H,50,55)(H,51,62)/t31-,33-,34+,35+,36-,37-,38+,39-/m0/s1. The summed E-state index contributed by atoms with van der Waals surface area (Å²) in [6.45, 7) is 19.5. The summed E-state index contributed by atoms with van der Waals surface area (Å²) < 4.78 is 12.0. The maximum Gasteiger partial charge on any atom is 0.329 e.